The fraction of sp³-hybridized carbons (Fsp3) is 0.375. The average Bonchev–Trinajstić information content (AvgIpc) is 3.72. The minimum Gasteiger partial charge on any atom is -0.490 e. The predicted octanol–water partition coefficient (Wildman–Crippen LogP) is 4.24. The quantitative estimate of drug-likeness (QED) is 0.282. The minimum atomic E-state index is -3.47. The van der Waals surface area contributed by atoms with E-state index >= 15 is 0 Å². The van der Waals surface area contributed by atoms with Gasteiger partial charge in [-0.25, -0.2) is 12.8 Å². The molecular weight excluding hydrogens is 571 g/mol. The molecule has 4 N–H and O–H groups in total. The third-order valence-corrected chi connectivity index (χ3v) is 9.55. The van der Waals surface area contributed by atoms with Gasteiger partial charge < -0.3 is 21.1 Å². The summed E-state index contributed by atoms with van der Waals surface area (Å²) in [5, 5.41) is 5.84. The molecule has 3 atom stereocenters. The van der Waals surface area contributed by atoms with Gasteiger partial charge in [0.2, 0.25) is 15.9 Å². The van der Waals surface area contributed by atoms with Gasteiger partial charge >= 0.3 is 0 Å². The standard InChI is InChI=1S/C32H37FN4O5S/c1-21(31(38)35-25-10-8-24(33)9-11-25)16-29(34)30(17-22-6-3-2-4-7-22)36-32(39)23-18-26(37-14-5-15-43(37,40)41)20-28(19-23)42-27-12-13-27/h2-4,6-11,18-21,27,29-30H,5,12-17,34H2,1H3,(H,35,38)(H,36,39)/t21-,29+,30+/m1/s1. The van der Waals surface area contributed by atoms with Gasteiger partial charge in [-0.3, -0.25) is 13.9 Å². The van der Waals surface area contributed by atoms with Crippen molar-refractivity contribution in [2.24, 2.45) is 11.7 Å². The van der Waals surface area contributed by atoms with E-state index in [2.05, 4.69) is 10.6 Å². The summed E-state index contributed by atoms with van der Waals surface area (Å²) >= 11 is 0. The lowest BCUT2D eigenvalue weighted by atomic mass is 9.92. The number of sulfonamides is 1. The van der Waals surface area contributed by atoms with E-state index in [1.54, 1.807) is 25.1 Å². The molecule has 0 aromatic heterocycles. The first-order valence-corrected chi connectivity index (χ1v) is 16.2. The van der Waals surface area contributed by atoms with Gasteiger partial charge in [-0.15, -0.1) is 0 Å². The van der Waals surface area contributed by atoms with Crippen LogP contribution in [0.4, 0.5) is 15.8 Å². The Morgan fingerprint density at radius 1 is 1.07 bits per heavy atom. The monoisotopic (exact) mass is 608 g/mol. The number of nitrogens with two attached hydrogens (primary N) is 1. The van der Waals surface area contributed by atoms with Crippen molar-refractivity contribution in [1.82, 2.24) is 5.32 Å². The Labute approximate surface area is 251 Å². The molecule has 0 spiro atoms. The molecule has 2 aliphatic rings. The molecule has 3 aromatic rings. The van der Waals surface area contributed by atoms with Gasteiger partial charge in [0.1, 0.15) is 11.6 Å². The summed E-state index contributed by atoms with van der Waals surface area (Å²) in [6.07, 6.45) is 3.09. The Kier molecular flexibility index (Phi) is 9.31. The van der Waals surface area contributed by atoms with Crippen molar-refractivity contribution in [1.29, 1.82) is 0 Å². The maximum absolute atomic E-state index is 13.7. The number of anilines is 2. The first kappa shape index (κ1) is 30.5. The number of benzene rings is 3. The molecule has 5 rings (SSSR count). The highest BCUT2D eigenvalue weighted by Gasteiger charge is 2.31. The third kappa shape index (κ3) is 8.11. The molecular formula is C32H37FN4O5S. The molecule has 0 unspecified atom stereocenters. The highest BCUT2D eigenvalue weighted by atomic mass is 32.2. The molecule has 9 nitrogen and oxygen atoms in total. The van der Waals surface area contributed by atoms with Crippen LogP contribution in [0.15, 0.2) is 72.8 Å². The zero-order chi connectivity index (χ0) is 30.6. The van der Waals surface area contributed by atoms with Gasteiger partial charge in [-0.1, -0.05) is 37.3 Å². The van der Waals surface area contributed by atoms with Crippen molar-refractivity contribution in [2.75, 3.05) is 21.9 Å². The average molecular weight is 609 g/mol. The van der Waals surface area contributed by atoms with Crippen LogP contribution in [0.1, 0.15) is 48.5 Å². The van der Waals surface area contributed by atoms with Crippen LogP contribution in [-0.4, -0.2) is 50.7 Å². The highest BCUT2D eigenvalue weighted by Crippen LogP contribution is 2.33. The number of carbonyl (C=O) groups excluding carboxylic acids is 2. The van der Waals surface area contributed by atoms with E-state index in [0.717, 1.165) is 18.4 Å². The van der Waals surface area contributed by atoms with E-state index in [9.17, 15) is 22.4 Å². The normalized spacial score (nSPS) is 18.0. The van der Waals surface area contributed by atoms with Crippen molar-refractivity contribution in [3.8, 4) is 5.75 Å². The van der Waals surface area contributed by atoms with Gasteiger partial charge in [0.05, 0.1) is 17.5 Å². The number of nitrogens with one attached hydrogen (secondary N) is 2. The Balaban J connectivity index is 1.34. The van der Waals surface area contributed by atoms with Gasteiger partial charge in [0.15, 0.2) is 0 Å². The number of carbonyl (C=O) groups is 2. The SMILES string of the molecule is C[C@H](C[C@H](N)[C@H](Cc1ccccc1)NC(=O)c1cc(OC2CC2)cc(N2CCCS2(=O)=O)c1)C(=O)Nc1ccc(F)cc1. The zero-order valence-corrected chi connectivity index (χ0v) is 24.9. The van der Waals surface area contributed by atoms with Gasteiger partial charge in [-0.2, -0.15) is 0 Å². The number of rotatable bonds is 12. The summed E-state index contributed by atoms with van der Waals surface area (Å²) in [5.41, 5.74) is 8.76. The van der Waals surface area contributed by atoms with E-state index in [4.69, 9.17) is 10.5 Å². The maximum atomic E-state index is 13.7. The number of amides is 2. The molecule has 1 aliphatic carbocycles. The maximum Gasteiger partial charge on any atom is 0.251 e. The number of ether oxygens (including phenoxy) is 1. The topological polar surface area (TPSA) is 131 Å². The summed E-state index contributed by atoms with van der Waals surface area (Å²) < 4.78 is 45.9. The lowest BCUT2D eigenvalue weighted by Gasteiger charge is -2.28. The number of hydrogen-bond donors (Lipinski definition) is 3. The van der Waals surface area contributed by atoms with Crippen molar-refractivity contribution < 1.29 is 27.1 Å². The van der Waals surface area contributed by atoms with Gasteiger partial charge in [0.25, 0.3) is 5.91 Å². The van der Waals surface area contributed by atoms with Crippen LogP contribution in [0.5, 0.6) is 5.75 Å². The van der Waals surface area contributed by atoms with E-state index in [-0.39, 0.29) is 29.7 Å². The van der Waals surface area contributed by atoms with Crippen molar-refractivity contribution in [2.45, 2.75) is 57.2 Å². The van der Waals surface area contributed by atoms with E-state index in [0.29, 0.717) is 36.5 Å². The molecule has 1 saturated heterocycles. The van der Waals surface area contributed by atoms with E-state index < -0.39 is 39.7 Å². The van der Waals surface area contributed by atoms with Crippen LogP contribution in [0.25, 0.3) is 0 Å². The molecule has 11 heteroatoms. The first-order valence-electron chi connectivity index (χ1n) is 14.6. The fourth-order valence-electron chi connectivity index (χ4n) is 5.14. The predicted molar refractivity (Wildman–Crippen MR) is 164 cm³/mol. The third-order valence-electron chi connectivity index (χ3n) is 7.68. The minimum absolute atomic E-state index is 0.0585. The molecule has 2 amide bonds. The summed E-state index contributed by atoms with van der Waals surface area (Å²) in [6.45, 7) is 2.09. The molecule has 228 valence electrons. The summed E-state index contributed by atoms with van der Waals surface area (Å²) in [5.74, 6) is -1.08. The van der Waals surface area contributed by atoms with E-state index in [1.165, 1.54) is 28.6 Å². The molecule has 0 radical (unpaired) electrons. The molecule has 3 aromatic carbocycles. The van der Waals surface area contributed by atoms with E-state index in [1.807, 2.05) is 30.3 Å². The Morgan fingerprint density at radius 3 is 2.44 bits per heavy atom. The molecule has 2 fully saturated rings. The number of halogens is 1. The molecule has 43 heavy (non-hydrogen) atoms. The second kappa shape index (κ2) is 13.1. The lowest BCUT2D eigenvalue weighted by molar-refractivity contribution is -0.119. The highest BCUT2D eigenvalue weighted by molar-refractivity contribution is 7.93. The smallest absolute Gasteiger partial charge is 0.251 e. The van der Waals surface area contributed by atoms with Gasteiger partial charge in [-0.05, 0) is 74.1 Å². The molecule has 1 aliphatic heterocycles. The Hall–Kier alpha value is -3.96. The first-order chi connectivity index (χ1) is 20.6. The summed E-state index contributed by atoms with van der Waals surface area (Å²) in [6, 6.07) is 18.8. The Morgan fingerprint density at radius 2 is 1.79 bits per heavy atom. The van der Waals surface area contributed by atoms with Crippen LogP contribution in [0, 0.1) is 11.7 Å². The van der Waals surface area contributed by atoms with Crippen LogP contribution in [0.2, 0.25) is 0 Å². The molecule has 1 saturated carbocycles. The zero-order valence-electron chi connectivity index (χ0n) is 24.0. The van der Waals surface area contributed by atoms with Crippen LogP contribution < -0.4 is 25.4 Å². The van der Waals surface area contributed by atoms with Crippen molar-refractivity contribution in [3.05, 3.63) is 89.7 Å². The number of hydrogen-bond acceptors (Lipinski definition) is 6. The largest absolute Gasteiger partial charge is 0.490 e. The number of nitrogens with zero attached hydrogens (tertiary/aromatic N) is 1. The van der Waals surface area contributed by atoms with Crippen molar-refractivity contribution >= 4 is 33.2 Å². The van der Waals surface area contributed by atoms with Crippen LogP contribution in [-0.2, 0) is 21.2 Å². The van der Waals surface area contributed by atoms with Crippen LogP contribution in [0.3, 0.4) is 0 Å². The fourth-order valence-corrected chi connectivity index (χ4v) is 6.69. The van der Waals surface area contributed by atoms with Crippen molar-refractivity contribution in [3.63, 3.8) is 0 Å². The summed E-state index contributed by atoms with van der Waals surface area (Å²) in [4.78, 5) is 26.6. The molecule has 0 bridgehead atoms. The van der Waals surface area contributed by atoms with Crippen LogP contribution >= 0.6 is 0 Å². The van der Waals surface area contributed by atoms with Gasteiger partial charge in [0, 0.05) is 41.9 Å². The second-order valence-electron chi connectivity index (χ2n) is 11.3. The Bertz CT molecular complexity index is 1550. The molecule has 1 heterocycles. The lowest BCUT2D eigenvalue weighted by Crippen LogP contribution is -2.50. The second-order valence-corrected chi connectivity index (χ2v) is 13.4. The summed E-state index contributed by atoms with van der Waals surface area (Å²) in [7, 11) is -3.47.